The van der Waals surface area contributed by atoms with E-state index in [2.05, 4.69) is 77.3 Å². The van der Waals surface area contributed by atoms with E-state index in [-0.39, 0.29) is 0 Å². The molecule has 0 spiro atoms. The number of ether oxygens (including phenoxy) is 1. The number of nitrogens with zero attached hydrogens (tertiary/aromatic N) is 2. The third-order valence-electron chi connectivity index (χ3n) is 6.64. The molecule has 29 heavy (non-hydrogen) atoms. The number of hydrogen-bond donors (Lipinski definition) is 1. The third kappa shape index (κ3) is 3.85. The molecule has 0 aliphatic carbocycles. The van der Waals surface area contributed by atoms with Crippen LogP contribution in [0.2, 0.25) is 0 Å². The Morgan fingerprint density at radius 3 is 2.76 bits per heavy atom. The molecule has 2 aliphatic heterocycles. The Labute approximate surface area is 173 Å². The second-order valence-corrected chi connectivity index (χ2v) is 8.80. The second kappa shape index (κ2) is 7.94. The van der Waals surface area contributed by atoms with E-state index in [0.29, 0.717) is 12.0 Å². The molecule has 2 unspecified atom stereocenters. The fourth-order valence-electron chi connectivity index (χ4n) is 5.07. The lowest BCUT2D eigenvalue weighted by Gasteiger charge is -2.34. The van der Waals surface area contributed by atoms with Gasteiger partial charge < -0.3 is 14.6 Å². The smallest absolute Gasteiger partial charge is 0.0594 e. The molecule has 0 radical (unpaired) electrons. The number of aromatic nitrogens is 1. The van der Waals surface area contributed by atoms with Gasteiger partial charge in [-0.3, -0.25) is 4.90 Å². The van der Waals surface area contributed by atoms with Gasteiger partial charge in [-0.15, -0.1) is 0 Å². The van der Waals surface area contributed by atoms with E-state index >= 15 is 0 Å². The summed E-state index contributed by atoms with van der Waals surface area (Å²) in [5, 5.41) is 1.30. The highest BCUT2D eigenvalue weighted by Gasteiger charge is 2.26. The summed E-state index contributed by atoms with van der Waals surface area (Å²) in [4.78, 5) is 8.68. The summed E-state index contributed by atoms with van der Waals surface area (Å²) in [6, 6.07) is 18.7. The Bertz CT molecular complexity index is 956. The van der Waals surface area contributed by atoms with Crippen LogP contribution in [0, 0.1) is 0 Å². The molecule has 1 fully saturated rings. The van der Waals surface area contributed by atoms with Crippen LogP contribution >= 0.6 is 0 Å². The molecule has 4 nitrogen and oxygen atoms in total. The highest BCUT2D eigenvalue weighted by atomic mass is 16.5. The molecule has 5 rings (SSSR count). The minimum Gasteiger partial charge on any atom is -0.379 e. The van der Waals surface area contributed by atoms with Crippen molar-refractivity contribution in [3.63, 3.8) is 0 Å². The van der Waals surface area contributed by atoms with Crippen molar-refractivity contribution in [2.75, 3.05) is 39.9 Å². The summed E-state index contributed by atoms with van der Waals surface area (Å²) in [6.07, 6.45) is 1.11. The van der Waals surface area contributed by atoms with Gasteiger partial charge in [0.05, 0.1) is 13.2 Å². The molecule has 3 heterocycles. The van der Waals surface area contributed by atoms with Crippen LogP contribution in [0.15, 0.2) is 48.5 Å². The largest absolute Gasteiger partial charge is 0.379 e. The lowest BCUT2D eigenvalue weighted by Crippen LogP contribution is -2.43. The fourth-order valence-corrected chi connectivity index (χ4v) is 5.07. The maximum absolute atomic E-state index is 5.51. The monoisotopic (exact) mass is 389 g/mol. The number of aromatic amines is 1. The zero-order valence-electron chi connectivity index (χ0n) is 17.5. The molecule has 1 N–H and O–H groups in total. The van der Waals surface area contributed by atoms with Crippen LogP contribution in [0.4, 0.5) is 0 Å². The Morgan fingerprint density at radius 2 is 1.93 bits per heavy atom. The summed E-state index contributed by atoms with van der Waals surface area (Å²) in [5.74, 6) is 0.405. The average Bonchev–Trinajstić information content (AvgIpc) is 3.17. The molecule has 1 saturated heterocycles. The number of nitrogens with one attached hydrogen (secondary N) is 1. The summed E-state index contributed by atoms with van der Waals surface area (Å²) in [6.45, 7) is 8.28. The van der Waals surface area contributed by atoms with Gasteiger partial charge in [-0.1, -0.05) is 36.4 Å². The Hall–Kier alpha value is -2.14. The van der Waals surface area contributed by atoms with Crippen molar-refractivity contribution in [2.24, 2.45) is 0 Å². The van der Waals surface area contributed by atoms with Crippen molar-refractivity contribution in [3.8, 4) is 0 Å². The van der Waals surface area contributed by atoms with Crippen molar-refractivity contribution in [2.45, 2.75) is 31.8 Å². The maximum atomic E-state index is 5.51. The van der Waals surface area contributed by atoms with Gasteiger partial charge in [0.2, 0.25) is 0 Å². The zero-order chi connectivity index (χ0) is 19.8. The van der Waals surface area contributed by atoms with Crippen LogP contribution in [-0.2, 0) is 17.7 Å². The number of benzene rings is 2. The van der Waals surface area contributed by atoms with Crippen molar-refractivity contribution in [1.82, 2.24) is 14.8 Å². The molecule has 4 heteroatoms. The van der Waals surface area contributed by atoms with E-state index in [1.54, 1.807) is 0 Å². The highest BCUT2D eigenvalue weighted by Crippen LogP contribution is 2.34. The molecule has 0 saturated carbocycles. The average molecular weight is 390 g/mol. The summed E-state index contributed by atoms with van der Waals surface area (Å²) in [5.41, 5.74) is 6.97. The first kappa shape index (κ1) is 18.9. The molecule has 2 atom stereocenters. The van der Waals surface area contributed by atoms with Crippen LogP contribution in [0.5, 0.6) is 0 Å². The normalized spacial score (nSPS) is 21.9. The van der Waals surface area contributed by atoms with Crippen LogP contribution in [-0.4, -0.2) is 60.7 Å². The van der Waals surface area contributed by atoms with Gasteiger partial charge in [0.25, 0.3) is 0 Å². The minimum atomic E-state index is 0.405. The van der Waals surface area contributed by atoms with Crippen LogP contribution in [0.3, 0.4) is 0 Å². The number of H-pyrrole nitrogens is 1. The topological polar surface area (TPSA) is 31.5 Å². The number of rotatable bonds is 4. The molecule has 2 aliphatic rings. The number of fused-ring (bicyclic) bond motifs is 2. The number of morpholine rings is 1. The molecule has 0 bridgehead atoms. The first-order valence-corrected chi connectivity index (χ1v) is 10.9. The molecule has 3 aromatic rings. The lowest BCUT2D eigenvalue weighted by atomic mass is 9.86. The molecule has 1 aromatic heterocycles. The SMILES string of the molecule is CC(Cc1ccc2c(c1)CN(C)CC2c1cc2ccccc2[nH]1)N1CCOCC1. The van der Waals surface area contributed by atoms with Gasteiger partial charge in [-0.25, -0.2) is 0 Å². The van der Waals surface area contributed by atoms with E-state index in [0.717, 1.165) is 45.8 Å². The predicted molar refractivity (Wildman–Crippen MR) is 118 cm³/mol. The van der Waals surface area contributed by atoms with Gasteiger partial charge in [0.15, 0.2) is 0 Å². The van der Waals surface area contributed by atoms with Crippen LogP contribution < -0.4 is 0 Å². The lowest BCUT2D eigenvalue weighted by molar-refractivity contribution is 0.0203. The van der Waals surface area contributed by atoms with E-state index in [9.17, 15) is 0 Å². The number of hydrogen-bond acceptors (Lipinski definition) is 3. The van der Waals surface area contributed by atoms with Gasteiger partial charge in [-0.2, -0.15) is 0 Å². The van der Waals surface area contributed by atoms with Gasteiger partial charge in [-0.05, 0) is 54.6 Å². The second-order valence-electron chi connectivity index (χ2n) is 8.80. The minimum absolute atomic E-state index is 0.405. The van der Waals surface area contributed by atoms with E-state index in [1.807, 2.05) is 0 Å². The summed E-state index contributed by atoms with van der Waals surface area (Å²) in [7, 11) is 2.24. The quantitative estimate of drug-likeness (QED) is 0.732. The molecule has 0 amide bonds. The standard InChI is InChI=1S/C25H31N3O/c1-18(28-9-11-29-12-10-28)13-19-7-8-22-21(14-19)16-27(2)17-23(22)25-15-20-5-3-4-6-24(20)26-25/h3-8,14-15,18,23,26H,9-13,16-17H2,1-2H3. The van der Waals surface area contributed by atoms with E-state index < -0.39 is 0 Å². The Kier molecular flexibility index (Phi) is 5.17. The molecular formula is C25H31N3O. The van der Waals surface area contributed by atoms with Crippen LogP contribution in [0.1, 0.15) is 35.2 Å². The summed E-state index contributed by atoms with van der Waals surface area (Å²) < 4.78 is 5.51. The third-order valence-corrected chi connectivity index (χ3v) is 6.64. The van der Waals surface area contributed by atoms with Gasteiger partial charge >= 0.3 is 0 Å². The first-order valence-electron chi connectivity index (χ1n) is 10.9. The number of para-hydroxylation sites is 1. The van der Waals surface area contributed by atoms with E-state index in [1.165, 1.54) is 33.3 Å². The molecule has 152 valence electrons. The van der Waals surface area contributed by atoms with E-state index in [4.69, 9.17) is 4.74 Å². The van der Waals surface area contributed by atoms with Crippen LogP contribution in [0.25, 0.3) is 10.9 Å². The maximum Gasteiger partial charge on any atom is 0.0594 e. The summed E-state index contributed by atoms with van der Waals surface area (Å²) >= 11 is 0. The zero-order valence-corrected chi connectivity index (χ0v) is 17.5. The van der Waals surface area contributed by atoms with Gasteiger partial charge in [0, 0.05) is 49.3 Å². The van der Waals surface area contributed by atoms with Crippen molar-refractivity contribution in [3.05, 3.63) is 70.9 Å². The van der Waals surface area contributed by atoms with Crippen molar-refractivity contribution >= 4 is 10.9 Å². The molecular weight excluding hydrogens is 358 g/mol. The Balaban J connectivity index is 1.41. The fraction of sp³-hybridized carbons (Fsp3) is 0.440. The molecule has 2 aromatic carbocycles. The van der Waals surface area contributed by atoms with Crippen molar-refractivity contribution in [1.29, 1.82) is 0 Å². The predicted octanol–water partition coefficient (Wildman–Crippen LogP) is 4.01. The number of likely N-dealkylation sites (N-methyl/N-ethyl adjacent to an activating group) is 1. The van der Waals surface area contributed by atoms with Gasteiger partial charge in [0.1, 0.15) is 0 Å². The van der Waals surface area contributed by atoms with Crippen molar-refractivity contribution < 1.29 is 4.74 Å². The first-order chi connectivity index (χ1) is 14.2. The Morgan fingerprint density at radius 1 is 1.10 bits per heavy atom. The highest BCUT2D eigenvalue weighted by molar-refractivity contribution is 5.80.